The molecule has 0 aliphatic carbocycles. The van der Waals surface area contributed by atoms with Gasteiger partial charge in [0.2, 0.25) is 0 Å². The van der Waals surface area contributed by atoms with Gasteiger partial charge in [-0.15, -0.1) is 0 Å². The van der Waals surface area contributed by atoms with Gasteiger partial charge < -0.3 is 19.2 Å². The van der Waals surface area contributed by atoms with E-state index in [0.717, 1.165) is 25.1 Å². The van der Waals surface area contributed by atoms with Gasteiger partial charge in [0.1, 0.15) is 5.76 Å². The minimum absolute atomic E-state index is 0.304. The smallest absolute Gasteiger partial charge is 0.105 e. The van der Waals surface area contributed by atoms with Gasteiger partial charge in [-0.1, -0.05) is 6.92 Å². The first-order valence-electron chi connectivity index (χ1n) is 6.19. The SMILES string of the molecule is CCCNC(COCCOC)Cc1ccco1. The Kier molecular flexibility index (Phi) is 7.71. The number of hydrogen-bond acceptors (Lipinski definition) is 4. The standard InChI is InChI=1S/C13H23NO3/c1-3-6-14-12(11-16-9-8-15-2)10-13-5-4-7-17-13/h4-5,7,12,14H,3,6,8-11H2,1-2H3. The second kappa shape index (κ2) is 9.22. The fourth-order valence-corrected chi connectivity index (χ4v) is 1.58. The predicted octanol–water partition coefficient (Wildman–Crippen LogP) is 1.85. The molecule has 1 aromatic heterocycles. The van der Waals surface area contributed by atoms with E-state index >= 15 is 0 Å². The highest BCUT2D eigenvalue weighted by Gasteiger charge is 2.10. The third-order valence-electron chi connectivity index (χ3n) is 2.46. The van der Waals surface area contributed by atoms with Crippen LogP contribution in [0.2, 0.25) is 0 Å². The molecule has 0 bridgehead atoms. The topological polar surface area (TPSA) is 43.6 Å². The van der Waals surface area contributed by atoms with Gasteiger partial charge in [-0.05, 0) is 25.1 Å². The Morgan fingerprint density at radius 1 is 1.41 bits per heavy atom. The van der Waals surface area contributed by atoms with Crippen molar-refractivity contribution in [3.8, 4) is 0 Å². The van der Waals surface area contributed by atoms with Gasteiger partial charge in [-0.25, -0.2) is 0 Å². The van der Waals surface area contributed by atoms with Crippen molar-refractivity contribution in [3.63, 3.8) is 0 Å². The molecule has 0 fully saturated rings. The van der Waals surface area contributed by atoms with E-state index in [4.69, 9.17) is 13.9 Å². The third-order valence-corrected chi connectivity index (χ3v) is 2.46. The second-order valence-corrected chi connectivity index (χ2v) is 4.00. The Labute approximate surface area is 103 Å². The summed E-state index contributed by atoms with van der Waals surface area (Å²) in [5, 5.41) is 3.46. The van der Waals surface area contributed by atoms with Gasteiger partial charge in [0.05, 0.1) is 26.1 Å². The number of rotatable bonds is 10. The molecule has 0 aliphatic rings. The van der Waals surface area contributed by atoms with E-state index in [-0.39, 0.29) is 0 Å². The zero-order valence-corrected chi connectivity index (χ0v) is 10.8. The van der Waals surface area contributed by atoms with Gasteiger partial charge in [0, 0.05) is 19.6 Å². The summed E-state index contributed by atoms with van der Waals surface area (Å²) in [4.78, 5) is 0. The minimum atomic E-state index is 0.304. The monoisotopic (exact) mass is 241 g/mol. The van der Waals surface area contributed by atoms with Crippen molar-refractivity contribution >= 4 is 0 Å². The molecular weight excluding hydrogens is 218 g/mol. The molecule has 0 radical (unpaired) electrons. The highest BCUT2D eigenvalue weighted by molar-refractivity contribution is 5.00. The molecule has 0 aliphatic heterocycles. The molecule has 4 nitrogen and oxygen atoms in total. The van der Waals surface area contributed by atoms with Crippen LogP contribution in [0.3, 0.4) is 0 Å². The maximum atomic E-state index is 5.55. The van der Waals surface area contributed by atoms with Crippen molar-refractivity contribution in [3.05, 3.63) is 24.2 Å². The maximum absolute atomic E-state index is 5.55. The van der Waals surface area contributed by atoms with Crippen LogP contribution in [0.15, 0.2) is 22.8 Å². The van der Waals surface area contributed by atoms with E-state index in [1.54, 1.807) is 13.4 Å². The van der Waals surface area contributed by atoms with Gasteiger partial charge >= 0.3 is 0 Å². The molecular formula is C13H23NO3. The first-order chi connectivity index (χ1) is 8.36. The van der Waals surface area contributed by atoms with Gasteiger partial charge in [-0.3, -0.25) is 0 Å². The lowest BCUT2D eigenvalue weighted by molar-refractivity contribution is 0.0580. The molecule has 98 valence electrons. The summed E-state index contributed by atoms with van der Waals surface area (Å²) >= 11 is 0. The van der Waals surface area contributed by atoms with Crippen LogP contribution in [0.1, 0.15) is 19.1 Å². The molecule has 1 N–H and O–H groups in total. The van der Waals surface area contributed by atoms with Crippen molar-refractivity contribution in [2.45, 2.75) is 25.8 Å². The van der Waals surface area contributed by atoms with Crippen molar-refractivity contribution in [2.75, 3.05) is 33.5 Å². The molecule has 4 heteroatoms. The summed E-state index contributed by atoms with van der Waals surface area (Å²) in [5.41, 5.74) is 0. The lowest BCUT2D eigenvalue weighted by atomic mass is 10.2. The summed E-state index contributed by atoms with van der Waals surface area (Å²) < 4.78 is 15.9. The summed E-state index contributed by atoms with van der Waals surface area (Å²) in [6.07, 6.45) is 3.69. The van der Waals surface area contributed by atoms with Crippen LogP contribution in [0, 0.1) is 0 Å². The molecule has 0 aromatic carbocycles. The first-order valence-corrected chi connectivity index (χ1v) is 6.19. The summed E-state index contributed by atoms with van der Waals surface area (Å²) in [6.45, 7) is 5.12. The van der Waals surface area contributed by atoms with Crippen molar-refractivity contribution < 1.29 is 13.9 Å². The van der Waals surface area contributed by atoms with Crippen molar-refractivity contribution in [1.82, 2.24) is 5.32 Å². The average Bonchev–Trinajstić information content (AvgIpc) is 2.84. The van der Waals surface area contributed by atoms with Gasteiger partial charge in [-0.2, -0.15) is 0 Å². The Balaban J connectivity index is 2.26. The van der Waals surface area contributed by atoms with E-state index in [1.165, 1.54) is 0 Å². The normalized spacial score (nSPS) is 12.8. The van der Waals surface area contributed by atoms with E-state index in [2.05, 4.69) is 12.2 Å². The Bertz CT molecular complexity index is 262. The molecule has 0 amide bonds. The highest BCUT2D eigenvalue weighted by atomic mass is 16.5. The van der Waals surface area contributed by atoms with E-state index in [1.807, 2.05) is 12.1 Å². The number of hydrogen-bond donors (Lipinski definition) is 1. The average molecular weight is 241 g/mol. The van der Waals surface area contributed by atoms with Crippen LogP contribution in [-0.2, 0) is 15.9 Å². The van der Waals surface area contributed by atoms with Gasteiger partial charge in [0.25, 0.3) is 0 Å². The zero-order valence-electron chi connectivity index (χ0n) is 10.8. The molecule has 1 rings (SSSR count). The summed E-state index contributed by atoms with van der Waals surface area (Å²) in [7, 11) is 1.68. The molecule has 17 heavy (non-hydrogen) atoms. The van der Waals surface area contributed by atoms with Crippen molar-refractivity contribution in [2.24, 2.45) is 0 Å². The number of furan rings is 1. The van der Waals surface area contributed by atoms with Crippen LogP contribution in [0.4, 0.5) is 0 Å². The Morgan fingerprint density at radius 3 is 2.94 bits per heavy atom. The summed E-state index contributed by atoms with van der Waals surface area (Å²) in [5.74, 6) is 0.994. The largest absolute Gasteiger partial charge is 0.469 e. The van der Waals surface area contributed by atoms with Crippen LogP contribution in [0.25, 0.3) is 0 Å². The lowest BCUT2D eigenvalue weighted by Crippen LogP contribution is -2.36. The fraction of sp³-hybridized carbons (Fsp3) is 0.692. The molecule has 1 heterocycles. The first kappa shape index (κ1) is 14.2. The molecule has 1 aromatic rings. The van der Waals surface area contributed by atoms with E-state index in [0.29, 0.717) is 25.9 Å². The molecule has 0 saturated heterocycles. The lowest BCUT2D eigenvalue weighted by Gasteiger charge is -2.17. The van der Waals surface area contributed by atoms with Crippen molar-refractivity contribution in [1.29, 1.82) is 0 Å². The Hall–Kier alpha value is -0.840. The molecule has 1 unspecified atom stereocenters. The highest BCUT2D eigenvalue weighted by Crippen LogP contribution is 2.04. The molecule has 1 atom stereocenters. The third kappa shape index (κ3) is 6.46. The fourth-order valence-electron chi connectivity index (χ4n) is 1.58. The molecule has 0 spiro atoms. The minimum Gasteiger partial charge on any atom is -0.469 e. The predicted molar refractivity (Wildman–Crippen MR) is 67.2 cm³/mol. The number of nitrogens with one attached hydrogen (secondary N) is 1. The zero-order chi connectivity index (χ0) is 12.3. The number of ether oxygens (including phenoxy) is 2. The quantitative estimate of drug-likeness (QED) is 0.635. The van der Waals surface area contributed by atoms with Crippen LogP contribution < -0.4 is 5.32 Å². The van der Waals surface area contributed by atoms with Crippen LogP contribution >= 0.6 is 0 Å². The number of methoxy groups -OCH3 is 1. The maximum Gasteiger partial charge on any atom is 0.105 e. The summed E-state index contributed by atoms with van der Waals surface area (Å²) in [6, 6.07) is 4.21. The van der Waals surface area contributed by atoms with E-state index in [9.17, 15) is 0 Å². The van der Waals surface area contributed by atoms with Gasteiger partial charge in [0.15, 0.2) is 0 Å². The van der Waals surface area contributed by atoms with Crippen LogP contribution in [0.5, 0.6) is 0 Å². The van der Waals surface area contributed by atoms with Crippen LogP contribution in [-0.4, -0.2) is 39.5 Å². The second-order valence-electron chi connectivity index (χ2n) is 4.00. The Morgan fingerprint density at radius 2 is 2.29 bits per heavy atom. The van der Waals surface area contributed by atoms with E-state index < -0.39 is 0 Å². The molecule has 0 saturated carbocycles.